The number of likely N-dealkylation sites (tertiary alicyclic amines) is 1. The normalized spacial score (nSPS) is 22.8. The number of fused-ring (bicyclic) bond motifs is 1. The summed E-state index contributed by atoms with van der Waals surface area (Å²) in [5.41, 5.74) is 2.64. The Morgan fingerprint density at radius 3 is 2.41 bits per heavy atom. The highest BCUT2D eigenvalue weighted by Gasteiger charge is 2.44. The molecule has 2 aromatic rings. The van der Waals surface area contributed by atoms with Crippen LogP contribution in [0.25, 0.3) is 11.0 Å². The second kappa shape index (κ2) is 5.57. The van der Waals surface area contributed by atoms with E-state index in [0.29, 0.717) is 5.37 Å². The van der Waals surface area contributed by atoms with Gasteiger partial charge in [-0.15, -0.1) is 0 Å². The average molecular weight is 318 g/mol. The molecule has 0 aliphatic carbocycles. The molecule has 120 valence electrons. The van der Waals surface area contributed by atoms with Gasteiger partial charge < -0.3 is 4.98 Å². The molecule has 1 fully saturated rings. The molecule has 0 bridgehead atoms. The molecule has 3 nitrogen and oxygen atoms in total. The first-order chi connectivity index (χ1) is 10.3. The highest BCUT2D eigenvalue weighted by atomic mass is 32.2. The molecule has 0 spiro atoms. The largest absolute Gasteiger partial charge is 0.333 e. The Kier molecular flexibility index (Phi) is 4.02. The smallest absolute Gasteiger partial charge is 0.167 e. The molecule has 1 aliphatic heterocycles. The first-order valence-electron chi connectivity index (χ1n) is 8.20. The zero-order valence-corrected chi connectivity index (χ0v) is 15.1. The van der Waals surface area contributed by atoms with E-state index in [9.17, 15) is 0 Å². The Labute approximate surface area is 137 Å². The maximum Gasteiger partial charge on any atom is 0.167 e. The summed E-state index contributed by atoms with van der Waals surface area (Å²) in [6.45, 7) is 11.8. The van der Waals surface area contributed by atoms with Gasteiger partial charge in [0.2, 0.25) is 0 Å². The molecule has 4 heteroatoms. The van der Waals surface area contributed by atoms with E-state index in [-0.39, 0.29) is 11.1 Å². The lowest BCUT2D eigenvalue weighted by molar-refractivity contribution is -0.0319. The average Bonchev–Trinajstić information content (AvgIpc) is 2.78. The van der Waals surface area contributed by atoms with Crippen molar-refractivity contribution in [2.24, 2.45) is 0 Å². The molecule has 0 saturated carbocycles. The number of aromatic amines is 1. The van der Waals surface area contributed by atoms with Gasteiger partial charge in [0.25, 0.3) is 0 Å². The molecule has 1 N–H and O–H groups in total. The van der Waals surface area contributed by atoms with Crippen molar-refractivity contribution in [3.05, 3.63) is 24.3 Å². The predicted octanol–water partition coefficient (Wildman–Crippen LogP) is 5.04. The Bertz CT molecular complexity index is 610. The molecule has 1 aromatic heterocycles. The fourth-order valence-corrected chi connectivity index (χ4v) is 5.52. The predicted molar refractivity (Wildman–Crippen MR) is 95.3 cm³/mol. The molecule has 1 saturated heterocycles. The lowest BCUT2D eigenvalue weighted by atomic mass is 9.80. The van der Waals surface area contributed by atoms with Crippen molar-refractivity contribution in [1.29, 1.82) is 0 Å². The van der Waals surface area contributed by atoms with E-state index in [1.807, 2.05) is 17.8 Å². The number of aromatic nitrogens is 2. The number of piperidine rings is 1. The van der Waals surface area contributed by atoms with Crippen molar-refractivity contribution in [3.63, 3.8) is 0 Å². The van der Waals surface area contributed by atoms with Gasteiger partial charge in [-0.2, -0.15) is 0 Å². The van der Waals surface area contributed by atoms with Crippen LogP contribution in [0.3, 0.4) is 0 Å². The van der Waals surface area contributed by atoms with Crippen LogP contribution in [0.5, 0.6) is 0 Å². The van der Waals surface area contributed by atoms with E-state index in [4.69, 9.17) is 4.98 Å². The quantitative estimate of drug-likeness (QED) is 0.804. The van der Waals surface area contributed by atoms with E-state index in [0.717, 1.165) is 16.2 Å². The van der Waals surface area contributed by atoms with Gasteiger partial charge in [-0.25, -0.2) is 4.98 Å². The van der Waals surface area contributed by atoms with Crippen LogP contribution in [-0.4, -0.2) is 31.3 Å². The number of para-hydroxylation sites is 2. The van der Waals surface area contributed by atoms with Crippen LogP contribution in [0.15, 0.2) is 29.4 Å². The number of thioether (sulfide) groups is 1. The van der Waals surface area contributed by atoms with Crippen LogP contribution < -0.4 is 0 Å². The SMILES string of the molecule is CC(Sc1nc2ccccc2[nH]1)N1C(C)(C)CCCC1(C)C. The topological polar surface area (TPSA) is 31.9 Å². The van der Waals surface area contributed by atoms with E-state index < -0.39 is 0 Å². The molecule has 1 atom stereocenters. The van der Waals surface area contributed by atoms with Crippen LogP contribution >= 0.6 is 11.8 Å². The van der Waals surface area contributed by atoms with E-state index in [1.54, 1.807) is 0 Å². The zero-order valence-electron chi connectivity index (χ0n) is 14.3. The van der Waals surface area contributed by atoms with Gasteiger partial charge in [-0.1, -0.05) is 23.9 Å². The number of hydrogen-bond acceptors (Lipinski definition) is 3. The fraction of sp³-hybridized carbons (Fsp3) is 0.611. The summed E-state index contributed by atoms with van der Waals surface area (Å²) in [6, 6.07) is 8.24. The zero-order chi connectivity index (χ0) is 16.0. The summed E-state index contributed by atoms with van der Waals surface area (Å²) in [6.07, 6.45) is 3.85. The van der Waals surface area contributed by atoms with Gasteiger partial charge in [0, 0.05) is 11.1 Å². The van der Waals surface area contributed by atoms with Crippen LogP contribution in [0.1, 0.15) is 53.9 Å². The van der Waals surface area contributed by atoms with Crippen molar-refractivity contribution in [1.82, 2.24) is 14.9 Å². The van der Waals surface area contributed by atoms with Crippen molar-refractivity contribution in [3.8, 4) is 0 Å². The monoisotopic (exact) mass is 317 g/mol. The lowest BCUT2D eigenvalue weighted by Crippen LogP contribution is -2.61. The standard InChI is InChI=1S/C18H27N3S/c1-13(21-17(2,3)11-8-12-18(21,4)5)22-16-19-14-9-6-7-10-15(14)20-16/h6-7,9-10,13H,8,11-12H2,1-5H3,(H,19,20). The third-order valence-electron chi connectivity index (χ3n) is 4.89. The number of imidazole rings is 1. The van der Waals surface area contributed by atoms with E-state index >= 15 is 0 Å². The number of nitrogens with one attached hydrogen (secondary N) is 1. The van der Waals surface area contributed by atoms with Crippen molar-refractivity contribution < 1.29 is 0 Å². The molecule has 0 amide bonds. The summed E-state index contributed by atoms with van der Waals surface area (Å²) in [5.74, 6) is 0. The highest BCUT2D eigenvalue weighted by Crippen LogP contribution is 2.43. The summed E-state index contributed by atoms with van der Waals surface area (Å²) >= 11 is 1.84. The molecule has 22 heavy (non-hydrogen) atoms. The van der Waals surface area contributed by atoms with E-state index in [1.165, 1.54) is 19.3 Å². The van der Waals surface area contributed by atoms with Crippen molar-refractivity contribution in [2.45, 2.75) is 75.5 Å². The highest BCUT2D eigenvalue weighted by molar-refractivity contribution is 7.99. The molecular weight excluding hydrogens is 290 g/mol. The molecule has 1 unspecified atom stereocenters. The Morgan fingerprint density at radius 1 is 1.14 bits per heavy atom. The molecule has 3 rings (SSSR count). The van der Waals surface area contributed by atoms with Crippen LogP contribution in [0.4, 0.5) is 0 Å². The minimum atomic E-state index is 0.236. The molecule has 1 aromatic carbocycles. The second-order valence-electron chi connectivity index (χ2n) is 7.62. The summed E-state index contributed by atoms with van der Waals surface area (Å²) in [5, 5.41) is 1.41. The third kappa shape index (κ3) is 2.91. The van der Waals surface area contributed by atoms with Gasteiger partial charge in [0.15, 0.2) is 5.16 Å². The summed E-state index contributed by atoms with van der Waals surface area (Å²) in [7, 11) is 0. The number of nitrogens with zero attached hydrogens (tertiary/aromatic N) is 2. The summed E-state index contributed by atoms with van der Waals surface area (Å²) < 4.78 is 0. The lowest BCUT2D eigenvalue weighted by Gasteiger charge is -2.55. The molecule has 0 radical (unpaired) electrons. The molecule has 1 aliphatic rings. The van der Waals surface area contributed by atoms with Crippen LogP contribution in [0, 0.1) is 0 Å². The maximum absolute atomic E-state index is 4.72. The van der Waals surface area contributed by atoms with Gasteiger partial charge in [0.05, 0.1) is 16.4 Å². The van der Waals surface area contributed by atoms with Crippen LogP contribution in [-0.2, 0) is 0 Å². The second-order valence-corrected chi connectivity index (χ2v) is 8.93. The van der Waals surface area contributed by atoms with Gasteiger partial charge >= 0.3 is 0 Å². The minimum Gasteiger partial charge on any atom is -0.333 e. The number of H-pyrrole nitrogens is 1. The van der Waals surface area contributed by atoms with Gasteiger partial charge in [-0.05, 0) is 66.0 Å². The Balaban J connectivity index is 1.84. The first-order valence-corrected chi connectivity index (χ1v) is 9.08. The third-order valence-corrected chi connectivity index (χ3v) is 5.86. The Morgan fingerprint density at radius 2 is 1.77 bits per heavy atom. The molecule has 2 heterocycles. The number of benzene rings is 1. The van der Waals surface area contributed by atoms with Crippen molar-refractivity contribution >= 4 is 22.8 Å². The number of hydrogen-bond donors (Lipinski definition) is 1. The van der Waals surface area contributed by atoms with Crippen LogP contribution in [0.2, 0.25) is 0 Å². The maximum atomic E-state index is 4.72. The van der Waals surface area contributed by atoms with Crippen molar-refractivity contribution in [2.75, 3.05) is 0 Å². The van der Waals surface area contributed by atoms with E-state index in [2.05, 4.69) is 62.7 Å². The first kappa shape index (κ1) is 15.9. The fourth-order valence-electron chi connectivity index (χ4n) is 4.20. The van der Waals surface area contributed by atoms with Gasteiger partial charge in [-0.3, -0.25) is 4.90 Å². The van der Waals surface area contributed by atoms with Gasteiger partial charge in [0.1, 0.15) is 0 Å². The number of rotatable bonds is 3. The minimum absolute atomic E-state index is 0.236. The summed E-state index contributed by atoms with van der Waals surface area (Å²) in [4.78, 5) is 10.9. The Hall–Kier alpha value is -1.00. The molecular formula is C18H27N3S.